The molecule has 12 nitrogen and oxygen atoms in total. The maximum absolute atomic E-state index is 14.5. The summed E-state index contributed by atoms with van der Waals surface area (Å²) in [5.41, 5.74) is 3.46. The van der Waals surface area contributed by atoms with Crippen LogP contribution in [0.3, 0.4) is 0 Å². The Morgan fingerprint density at radius 1 is 0.607 bits per heavy atom. The van der Waals surface area contributed by atoms with Crippen molar-refractivity contribution in [1.29, 1.82) is 0 Å². The van der Waals surface area contributed by atoms with Gasteiger partial charge in [-0.2, -0.15) is 0 Å². The third kappa shape index (κ3) is 8.86. The van der Waals surface area contributed by atoms with Gasteiger partial charge in [0.1, 0.15) is 34.8 Å². The molecule has 4 aromatic carbocycles. The molecule has 2 aliphatic carbocycles. The van der Waals surface area contributed by atoms with Gasteiger partial charge in [-0.3, -0.25) is 9.59 Å². The minimum Gasteiger partial charge on any atom is -0.507 e. The fourth-order valence-electron chi connectivity index (χ4n) is 8.09. The van der Waals surface area contributed by atoms with Crippen LogP contribution in [0.4, 0.5) is 20.4 Å². The zero-order valence-corrected chi connectivity index (χ0v) is 34.7. The van der Waals surface area contributed by atoms with Crippen LogP contribution < -0.4 is 20.4 Å². The number of benzene rings is 4. The third-order valence-electron chi connectivity index (χ3n) is 11.7. The highest BCUT2D eigenvalue weighted by atomic mass is 35.5. The third-order valence-corrected chi connectivity index (χ3v) is 11.7. The van der Waals surface area contributed by atoms with Crippen molar-refractivity contribution in [1.82, 2.24) is 30.6 Å². The highest BCUT2D eigenvalue weighted by Gasteiger charge is 2.35. The molecule has 4 heterocycles. The van der Waals surface area contributed by atoms with Crippen molar-refractivity contribution in [3.05, 3.63) is 95.6 Å². The van der Waals surface area contributed by atoms with E-state index >= 15 is 0 Å². The lowest BCUT2D eigenvalue weighted by atomic mass is 10.1. The van der Waals surface area contributed by atoms with E-state index in [2.05, 4.69) is 40.4 Å². The molecule has 0 bridgehead atoms. The second kappa shape index (κ2) is 17.1. The first-order valence-electron chi connectivity index (χ1n) is 20.6. The van der Waals surface area contributed by atoms with Gasteiger partial charge in [0.2, 0.25) is 11.8 Å². The van der Waals surface area contributed by atoms with Crippen LogP contribution in [0, 0.1) is 37.3 Å². The quantitative estimate of drug-likeness (QED) is 0.121. The van der Waals surface area contributed by atoms with E-state index in [9.17, 15) is 28.6 Å². The lowest BCUT2D eigenvalue weighted by molar-refractivity contribution is -0.123. The summed E-state index contributed by atoms with van der Waals surface area (Å²) in [5, 5.41) is 28.5. The SMILES string of the molecule is Cc1ccc2c(N3CC[C@@H](NC(=O)C4CC4)C3)nc(-c3c(O)cccc3F)nc2c1.Cc1ccc2c(N3CC[C@@H](NC(=O)C4CC4)C3)nc(-c3c(O)cccc3F)nc2c1.Cl. The number of aromatic nitrogens is 4. The summed E-state index contributed by atoms with van der Waals surface area (Å²) in [6.07, 6.45) is 5.58. The van der Waals surface area contributed by atoms with Gasteiger partial charge in [0, 0.05) is 60.9 Å². The number of phenols is 2. The molecule has 4 aliphatic rings. The number of halogens is 3. The summed E-state index contributed by atoms with van der Waals surface area (Å²) >= 11 is 0. The van der Waals surface area contributed by atoms with Crippen LogP contribution in [-0.4, -0.2) is 80.2 Å². The number of nitrogens with zero attached hydrogens (tertiary/aromatic N) is 6. The van der Waals surface area contributed by atoms with Crippen molar-refractivity contribution in [2.45, 2.75) is 64.5 Å². The minimum absolute atomic E-state index is 0. The van der Waals surface area contributed by atoms with Crippen molar-refractivity contribution >= 4 is 57.7 Å². The number of phenolic OH excluding ortho intramolecular Hbond substituents is 2. The van der Waals surface area contributed by atoms with Gasteiger partial charge in [0.05, 0.1) is 22.2 Å². The zero-order chi connectivity index (χ0) is 41.7. The molecular formula is C46H47ClF2N8O4. The normalized spacial score (nSPS) is 18.4. The Balaban J connectivity index is 0.000000166. The Labute approximate surface area is 357 Å². The van der Waals surface area contributed by atoms with Crippen LogP contribution in [0.2, 0.25) is 0 Å². The zero-order valence-electron chi connectivity index (χ0n) is 33.9. The molecule has 2 saturated heterocycles. The number of carbonyl (C=O) groups is 2. The molecule has 2 saturated carbocycles. The minimum atomic E-state index is -0.566. The van der Waals surface area contributed by atoms with Crippen LogP contribution in [0.25, 0.3) is 44.6 Å². The smallest absolute Gasteiger partial charge is 0.223 e. The molecule has 4 N–H and O–H groups in total. The van der Waals surface area contributed by atoms with E-state index in [0.29, 0.717) is 35.8 Å². The maximum atomic E-state index is 14.5. The number of carbonyl (C=O) groups excluding carboxylic acids is 2. The number of rotatable bonds is 8. The fourth-order valence-corrected chi connectivity index (χ4v) is 8.09. The van der Waals surface area contributed by atoms with Gasteiger partial charge in [-0.05, 0) is 112 Å². The highest BCUT2D eigenvalue weighted by molar-refractivity contribution is 5.93. The van der Waals surface area contributed by atoms with Gasteiger partial charge >= 0.3 is 0 Å². The van der Waals surface area contributed by atoms with Crippen LogP contribution in [0.5, 0.6) is 11.5 Å². The molecule has 61 heavy (non-hydrogen) atoms. The second-order valence-electron chi connectivity index (χ2n) is 16.5. The molecule has 0 radical (unpaired) electrons. The Hall–Kier alpha value is -6.15. The van der Waals surface area contributed by atoms with E-state index in [4.69, 9.17) is 0 Å². The monoisotopic (exact) mass is 848 g/mol. The van der Waals surface area contributed by atoms with E-state index < -0.39 is 11.6 Å². The van der Waals surface area contributed by atoms with E-state index in [1.165, 1.54) is 36.4 Å². The molecule has 316 valence electrons. The molecule has 15 heteroatoms. The number of anilines is 2. The lowest BCUT2D eigenvalue weighted by Gasteiger charge is -2.21. The molecule has 4 fully saturated rings. The van der Waals surface area contributed by atoms with Crippen molar-refractivity contribution in [2.24, 2.45) is 11.8 Å². The molecule has 0 unspecified atom stereocenters. The molecule has 6 aromatic rings. The van der Waals surface area contributed by atoms with E-state index in [1.807, 2.05) is 50.2 Å². The van der Waals surface area contributed by atoms with Gasteiger partial charge in [0.15, 0.2) is 11.6 Å². The standard InChI is InChI=1S/2C23H23FN4O2.ClH/c2*1-13-5-8-16-18(11-13)26-21(20-17(24)3-2-4-19(20)29)27-22(16)28-10-9-15(12-28)25-23(30)14-6-7-14;/h2*2-5,8,11,14-15,29H,6-7,9-10,12H2,1H3,(H,25,30);1H/t2*15-;/m11./s1. The first-order valence-corrected chi connectivity index (χ1v) is 20.6. The number of nitrogens with one attached hydrogen (secondary N) is 2. The van der Waals surface area contributed by atoms with Gasteiger partial charge in [-0.15, -0.1) is 12.4 Å². The number of aryl methyl sites for hydroxylation is 2. The summed E-state index contributed by atoms with van der Waals surface area (Å²) in [4.78, 5) is 46.9. The van der Waals surface area contributed by atoms with E-state index in [0.717, 1.165) is 73.5 Å². The van der Waals surface area contributed by atoms with Crippen molar-refractivity contribution in [2.75, 3.05) is 36.0 Å². The van der Waals surface area contributed by atoms with Gasteiger partial charge in [-0.1, -0.05) is 24.3 Å². The number of hydrogen-bond acceptors (Lipinski definition) is 10. The van der Waals surface area contributed by atoms with Gasteiger partial charge in [0.25, 0.3) is 0 Å². The maximum Gasteiger partial charge on any atom is 0.223 e. The number of hydrogen-bond donors (Lipinski definition) is 4. The molecular weight excluding hydrogens is 802 g/mol. The lowest BCUT2D eigenvalue weighted by Crippen LogP contribution is -2.38. The Morgan fingerprint density at radius 3 is 1.39 bits per heavy atom. The Kier molecular flexibility index (Phi) is 11.6. The average molecular weight is 849 g/mol. The Bertz CT molecular complexity index is 2440. The summed E-state index contributed by atoms with van der Waals surface area (Å²) < 4.78 is 29.0. The summed E-state index contributed by atoms with van der Waals surface area (Å²) in [6, 6.07) is 20.3. The van der Waals surface area contributed by atoms with Gasteiger partial charge < -0.3 is 30.6 Å². The second-order valence-corrected chi connectivity index (χ2v) is 16.5. The highest BCUT2D eigenvalue weighted by Crippen LogP contribution is 2.37. The summed E-state index contributed by atoms with van der Waals surface area (Å²) in [7, 11) is 0. The van der Waals surface area contributed by atoms with Crippen LogP contribution in [0.1, 0.15) is 49.7 Å². The predicted octanol–water partition coefficient (Wildman–Crippen LogP) is 7.53. The first kappa shape index (κ1) is 41.6. The first-order chi connectivity index (χ1) is 29.0. The number of aromatic hydroxyl groups is 2. The fraction of sp³-hybridized carbons (Fsp3) is 0.348. The van der Waals surface area contributed by atoms with Crippen LogP contribution in [-0.2, 0) is 9.59 Å². The average Bonchev–Trinajstić information content (AvgIpc) is 4.16. The molecule has 2 amide bonds. The van der Waals surface area contributed by atoms with Crippen molar-refractivity contribution < 1.29 is 28.6 Å². The summed E-state index contributed by atoms with van der Waals surface area (Å²) in [5.74, 6) is 0.829. The van der Waals surface area contributed by atoms with Crippen LogP contribution in [0.15, 0.2) is 72.8 Å². The van der Waals surface area contributed by atoms with Crippen molar-refractivity contribution in [3.8, 4) is 34.3 Å². The summed E-state index contributed by atoms with van der Waals surface area (Å²) in [6.45, 7) is 6.69. The molecule has 0 spiro atoms. The molecule has 2 atom stereocenters. The molecule has 2 aliphatic heterocycles. The molecule has 2 aromatic heterocycles. The van der Waals surface area contributed by atoms with Gasteiger partial charge in [-0.25, -0.2) is 28.7 Å². The number of fused-ring (bicyclic) bond motifs is 2. The Morgan fingerprint density at radius 2 is 1.02 bits per heavy atom. The van der Waals surface area contributed by atoms with E-state index in [-0.39, 0.29) is 82.4 Å². The predicted molar refractivity (Wildman–Crippen MR) is 233 cm³/mol. The topological polar surface area (TPSA) is 157 Å². The van der Waals surface area contributed by atoms with Crippen molar-refractivity contribution in [3.63, 3.8) is 0 Å². The molecule has 10 rings (SSSR count). The largest absolute Gasteiger partial charge is 0.507 e. The van der Waals surface area contributed by atoms with E-state index in [1.54, 1.807) is 0 Å². The number of amides is 2. The van der Waals surface area contributed by atoms with Crippen LogP contribution >= 0.6 is 12.4 Å².